The van der Waals surface area contributed by atoms with Crippen molar-refractivity contribution < 1.29 is 4.74 Å². The van der Waals surface area contributed by atoms with Gasteiger partial charge in [-0.2, -0.15) is 5.10 Å². The largest absolute Gasteiger partial charge is 0.497 e. The molecule has 7 nitrogen and oxygen atoms in total. The van der Waals surface area contributed by atoms with Gasteiger partial charge in [-0.25, -0.2) is 9.67 Å². The number of ether oxygens (including phenoxy) is 1. The Balaban J connectivity index is 1.47. The van der Waals surface area contributed by atoms with E-state index in [1.54, 1.807) is 30.4 Å². The average Bonchev–Trinajstić information content (AvgIpc) is 3.51. The van der Waals surface area contributed by atoms with E-state index >= 15 is 0 Å². The highest BCUT2D eigenvalue weighted by Crippen LogP contribution is 2.32. The van der Waals surface area contributed by atoms with Crippen LogP contribution in [0.2, 0.25) is 0 Å². The SMILES string of the molecule is COc1ccc(C(CNc2cncc(-n3cccn3)n2)c2c[nH]c3ccccc23)cc1. The molecule has 0 bridgehead atoms. The molecule has 0 aliphatic carbocycles. The predicted molar refractivity (Wildman–Crippen MR) is 121 cm³/mol. The van der Waals surface area contributed by atoms with E-state index in [-0.39, 0.29) is 5.92 Å². The first-order valence-corrected chi connectivity index (χ1v) is 10.1. The Hall–Kier alpha value is -4.13. The van der Waals surface area contributed by atoms with Crippen LogP contribution < -0.4 is 10.1 Å². The lowest BCUT2D eigenvalue weighted by atomic mass is 9.91. The molecule has 2 N–H and O–H groups in total. The van der Waals surface area contributed by atoms with Crippen molar-refractivity contribution in [1.82, 2.24) is 24.7 Å². The van der Waals surface area contributed by atoms with Crippen LogP contribution in [0.25, 0.3) is 16.7 Å². The van der Waals surface area contributed by atoms with Crippen molar-refractivity contribution in [1.29, 1.82) is 0 Å². The smallest absolute Gasteiger partial charge is 0.173 e. The van der Waals surface area contributed by atoms with Gasteiger partial charge in [-0.1, -0.05) is 30.3 Å². The zero-order valence-electron chi connectivity index (χ0n) is 17.1. The maximum absolute atomic E-state index is 5.34. The molecule has 3 heterocycles. The number of fused-ring (bicyclic) bond motifs is 1. The zero-order chi connectivity index (χ0) is 21.0. The van der Waals surface area contributed by atoms with Crippen LogP contribution >= 0.6 is 0 Å². The van der Waals surface area contributed by atoms with E-state index in [4.69, 9.17) is 4.74 Å². The molecule has 3 aromatic heterocycles. The average molecular weight is 410 g/mol. The molecular formula is C24H22N6O. The van der Waals surface area contributed by atoms with Crippen LogP contribution in [0.3, 0.4) is 0 Å². The molecule has 1 unspecified atom stereocenters. The number of nitrogens with one attached hydrogen (secondary N) is 2. The minimum atomic E-state index is 0.109. The molecular weight excluding hydrogens is 388 g/mol. The van der Waals surface area contributed by atoms with Gasteiger partial charge in [-0.15, -0.1) is 0 Å². The maximum Gasteiger partial charge on any atom is 0.173 e. The second-order valence-corrected chi connectivity index (χ2v) is 7.21. The van der Waals surface area contributed by atoms with Gasteiger partial charge in [0.25, 0.3) is 0 Å². The highest BCUT2D eigenvalue weighted by atomic mass is 16.5. The van der Waals surface area contributed by atoms with E-state index in [1.165, 1.54) is 16.5 Å². The third-order valence-corrected chi connectivity index (χ3v) is 5.36. The molecule has 0 saturated carbocycles. The quantitative estimate of drug-likeness (QED) is 0.416. The lowest BCUT2D eigenvalue weighted by Crippen LogP contribution is -2.15. The Kier molecular flexibility index (Phi) is 5.06. The van der Waals surface area contributed by atoms with Crippen molar-refractivity contribution in [3.05, 3.63) is 96.7 Å². The topological polar surface area (TPSA) is 80.7 Å². The van der Waals surface area contributed by atoms with E-state index in [2.05, 4.69) is 61.9 Å². The Morgan fingerprint density at radius 2 is 1.94 bits per heavy atom. The fourth-order valence-corrected chi connectivity index (χ4v) is 3.79. The molecule has 0 saturated heterocycles. The van der Waals surface area contributed by atoms with Gasteiger partial charge in [0.15, 0.2) is 5.82 Å². The van der Waals surface area contributed by atoms with E-state index in [0.717, 1.165) is 11.3 Å². The minimum absolute atomic E-state index is 0.109. The van der Waals surface area contributed by atoms with Crippen molar-refractivity contribution in [2.45, 2.75) is 5.92 Å². The molecule has 0 amide bonds. The van der Waals surface area contributed by atoms with Crippen LogP contribution in [0.4, 0.5) is 5.82 Å². The highest BCUT2D eigenvalue weighted by Gasteiger charge is 2.18. The summed E-state index contributed by atoms with van der Waals surface area (Å²) in [6, 6.07) is 18.4. The number of H-pyrrole nitrogens is 1. The van der Waals surface area contributed by atoms with Gasteiger partial charge in [-0.05, 0) is 35.4 Å². The Morgan fingerprint density at radius 3 is 2.74 bits per heavy atom. The number of para-hydroxylation sites is 1. The summed E-state index contributed by atoms with van der Waals surface area (Å²) in [5.74, 6) is 2.32. The molecule has 154 valence electrons. The van der Waals surface area contributed by atoms with Gasteiger partial charge in [0, 0.05) is 42.0 Å². The van der Waals surface area contributed by atoms with Crippen molar-refractivity contribution in [3.63, 3.8) is 0 Å². The fraction of sp³-hybridized carbons (Fsp3) is 0.125. The molecule has 0 fully saturated rings. The second-order valence-electron chi connectivity index (χ2n) is 7.21. The van der Waals surface area contributed by atoms with Crippen molar-refractivity contribution in [2.75, 3.05) is 19.0 Å². The van der Waals surface area contributed by atoms with Crippen molar-refractivity contribution in [3.8, 4) is 11.6 Å². The number of aromatic nitrogens is 5. The molecule has 2 aromatic carbocycles. The van der Waals surface area contributed by atoms with Crippen molar-refractivity contribution >= 4 is 16.7 Å². The van der Waals surface area contributed by atoms with Crippen LogP contribution in [-0.2, 0) is 0 Å². The van der Waals surface area contributed by atoms with Crippen LogP contribution in [0, 0.1) is 0 Å². The van der Waals surface area contributed by atoms with E-state index in [0.29, 0.717) is 18.2 Å². The van der Waals surface area contributed by atoms with Crippen molar-refractivity contribution in [2.24, 2.45) is 0 Å². The molecule has 0 aliphatic heterocycles. The van der Waals surface area contributed by atoms with Crippen LogP contribution in [0.5, 0.6) is 5.75 Å². The summed E-state index contributed by atoms with van der Waals surface area (Å²) in [4.78, 5) is 12.4. The van der Waals surface area contributed by atoms with Gasteiger partial charge in [0.05, 0.1) is 19.5 Å². The standard InChI is InChI=1S/C24H22N6O/c1-31-18-9-7-17(8-10-18)20(21-14-26-22-6-3-2-5-19(21)22)13-27-23-15-25-16-24(29-23)30-12-4-11-28-30/h2-12,14-16,20,26H,13H2,1H3,(H,27,29). The summed E-state index contributed by atoms with van der Waals surface area (Å²) < 4.78 is 7.03. The third-order valence-electron chi connectivity index (χ3n) is 5.36. The minimum Gasteiger partial charge on any atom is -0.497 e. The summed E-state index contributed by atoms with van der Waals surface area (Å²) in [5, 5.41) is 8.91. The predicted octanol–water partition coefficient (Wildman–Crippen LogP) is 4.40. The zero-order valence-corrected chi connectivity index (χ0v) is 17.1. The number of benzene rings is 2. The van der Waals surface area contributed by atoms with Crippen LogP contribution in [0.15, 0.2) is 85.6 Å². The molecule has 31 heavy (non-hydrogen) atoms. The molecule has 5 rings (SSSR count). The number of nitrogens with zero attached hydrogens (tertiary/aromatic N) is 4. The lowest BCUT2D eigenvalue weighted by molar-refractivity contribution is 0.414. The third kappa shape index (κ3) is 3.85. The Labute approximate surface area is 179 Å². The van der Waals surface area contributed by atoms with Gasteiger partial charge in [0.2, 0.25) is 0 Å². The Morgan fingerprint density at radius 1 is 1.06 bits per heavy atom. The number of rotatable bonds is 7. The van der Waals surface area contributed by atoms with Gasteiger partial charge >= 0.3 is 0 Å². The first-order chi connectivity index (χ1) is 15.3. The van der Waals surface area contributed by atoms with Gasteiger partial charge in [-0.3, -0.25) is 4.98 Å². The molecule has 0 spiro atoms. The summed E-state index contributed by atoms with van der Waals surface area (Å²) in [6.07, 6.45) is 9.08. The number of anilines is 1. The molecule has 7 heteroatoms. The van der Waals surface area contributed by atoms with E-state index in [9.17, 15) is 0 Å². The lowest BCUT2D eigenvalue weighted by Gasteiger charge is -2.19. The maximum atomic E-state index is 5.34. The van der Waals surface area contributed by atoms with E-state index < -0.39 is 0 Å². The number of aromatic amines is 1. The molecule has 1 atom stereocenters. The molecule has 0 aliphatic rings. The van der Waals surface area contributed by atoms with Gasteiger partial charge < -0.3 is 15.0 Å². The molecule has 5 aromatic rings. The van der Waals surface area contributed by atoms with Crippen LogP contribution in [-0.4, -0.2) is 38.4 Å². The summed E-state index contributed by atoms with van der Waals surface area (Å²) in [6.45, 7) is 0.658. The monoisotopic (exact) mass is 410 g/mol. The molecule has 0 radical (unpaired) electrons. The van der Waals surface area contributed by atoms with Gasteiger partial charge in [0.1, 0.15) is 11.6 Å². The van der Waals surface area contributed by atoms with Crippen LogP contribution in [0.1, 0.15) is 17.0 Å². The summed E-state index contributed by atoms with van der Waals surface area (Å²) in [7, 11) is 1.68. The fourth-order valence-electron chi connectivity index (χ4n) is 3.79. The first-order valence-electron chi connectivity index (χ1n) is 10.1. The first kappa shape index (κ1) is 18.9. The Bertz CT molecular complexity index is 1280. The van der Waals surface area contributed by atoms with E-state index in [1.807, 2.05) is 30.5 Å². The summed E-state index contributed by atoms with van der Waals surface area (Å²) >= 11 is 0. The number of hydrogen-bond acceptors (Lipinski definition) is 5. The summed E-state index contributed by atoms with van der Waals surface area (Å²) in [5.41, 5.74) is 3.54. The highest BCUT2D eigenvalue weighted by molar-refractivity contribution is 5.84. The number of hydrogen-bond donors (Lipinski definition) is 2. The number of methoxy groups -OCH3 is 1. The normalized spacial score (nSPS) is 12.0. The second kappa shape index (κ2) is 8.31.